The molecule has 24 heavy (non-hydrogen) atoms. The molecule has 2 heterocycles. The van der Waals surface area contributed by atoms with E-state index in [1.54, 1.807) is 16.6 Å². The number of hydrogen-bond donors (Lipinski definition) is 0. The van der Waals surface area contributed by atoms with Crippen molar-refractivity contribution < 1.29 is 8.42 Å². The van der Waals surface area contributed by atoms with Crippen LogP contribution in [0.1, 0.15) is 16.8 Å². The molecule has 3 rings (SSSR count). The first-order valence-electron chi connectivity index (χ1n) is 7.43. The molecule has 0 saturated carbocycles. The van der Waals surface area contributed by atoms with Crippen LogP contribution in [0.15, 0.2) is 35.5 Å². The molecular weight excluding hydrogens is 326 g/mol. The second kappa shape index (κ2) is 5.86. The predicted octanol–water partition coefficient (Wildman–Crippen LogP) is 1.49. The summed E-state index contributed by atoms with van der Waals surface area (Å²) >= 11 is 0. The summed E-state index contributed by atoms with van der Waals surface area (Å²) in [6.07, 6.45) is 3.32. The van der Waals surface area contributed by atoms with Crippen molar-refractivity contribution in [2.75, 3.05) is 25.3 Å². The van der Waals surface area contributed by atoms with Crippen LogP contribution in [-0.4, -0.2) is 48.4 Å². The standard InChI is InChI=1S/C16H19N5O2S/c1-11-14(9-12-5-7-13(8-6-12)24(4,22)23)15(20(2)3)21-16(19-11)17-10-18-21/h5-8,10H,9H2,1-4H3. The molecule has 126 valence electrons. The number of benzene rings is 1. The van der Waals surface area contributed by atoms with Crippen LogP contribution in [0.5, 0.6) is 0 Å². The molecule has 8 heteroatoms. The van der Waals surface area contributed by atoms with Crippen LogP contribution in [-0.2, 0) is 16.3 Å². The number of sulfone groups is 1. The molecular formula is C16H19N5O2S. The first-order valence-corrected chi connectivity index (χ1v) is 9.32. The Bertz CT molecular complexity index is 991. The van der Waals surface area contributed by atoms with Crippen molar-refractivity contribution in [3.8, 4) is 0 Å². The van der Waals surface area contributed by atoms with Crippen LogP contribution in [0, 0.1) is 6.92 Å². The summed E-state index contributed by atoms with van der Waals surface area (Å²) in [5, 5.41) is 4.25. The molecule has 1 aromatic carbocycles. The Labute approximate surface area is 140 Å². The fraction of sp³-hybridized carbons (Fsp3) is 0.312. The molecule has 2 aromatic heterocycles. The SMILES string of the molecule is Cc1nc2ncnn2c(N(C)C)c1Cc1ccc(S(C)(=O)=O)cc1. The quantitative estimate of drug-likeness (QED) is 0.713. The number of aryl methyl sites for hydroxylation is 1. The van der Waals surface area contributed by atoms with Crippen LogP contribution >= 0.6 is 0 Å². The van der Waals surface area contributed by atoms with Gasteiger partial charge in [-0.05, 0) is 24.6 Å². The lowest BCUT2D eigenvalue weighted by molar-refractivity contribution is 0.602. The van der Waals surface area contributed by atoms with Gasteiger partial charge in [0, 0.05) is 38.0 Å². The molecule has 0 radical (unpaired) electrons. The van der Waals surface area contributed by atoms with E-state index in [-0.39, 0.29) is 0 Å². The topological polar surface area (TPSA) is 80.5 Å². The Morgan fingerprint density at radius 3 is 2.42 bits per heavy atom. The Balaban J connectivity index is 2.06. The third-order valence-corrected chi connectivity index (χ3v) is 4.99. The molecule has 3 aromatic rings. The third kappa shape index (κ3) is 2.96. The molecule has 0 bridgehead atoms. The van der Waals surface area contributed by atoms with E-state index < -0.39 is 9.84 Å². The van der Waals surface area contributed by atoms with Gasteiger partial charge in [-0.3, -0.25) is 0 Å². The highest BCUT2D eigenvalue weighted by molar-refractivity contribution is 7.90. The lowest BCUT2D eigenvalue weighted by Crippen LogP contribution is -2.18. The van der Waals surface area contributed by atoms with Gasteiger partial charge in [0.2, 0.25) is 0 Å². The van der Waals surface area contributed by atoms with Gasteiger partial charge in [0.25, 0.3) is 5.78 Å². The Morgan fingerprint density at radius 1 is 1.17 bits per heavy atom. The monoisotopic (exact) mass is 345 g/mol. The van der Waals surface area contributed by atoms with E-state index in [1.807, 2.05) is 38.1 Å². The minimum Gasteiger partial charge on any atom is -0.362 e. The number of rotatable bonds is 4. The van der Waals surface area contributed by atoms with Crippen LogP contribution in [0.3, 0.4) is 0 Å². The number of aromatic nitrogens is 4. The van der Waals surface area contributed by atoms with Crippen molar-refractivity contribution in [1.29, 1.82) is 0 Å². The van der Waals surface area contributed by atoms with Gasteiger partial charge >= 0.3 is 0 Å². The molecule has 0 amide bonds. The Morgan fingerprint density at radius 2 is 1.83 bits per heavy atom. The first kappa shape index (κ1) is 16.4. The summed E-state index contributed by atoms with van der Waals surface area (Å²) in [6, 6.07) is 6.94. The molecule has 0 fully saturated rings. The zero-order chi connectivity index (χ0) is 17.5. The number of hydrogen-bond acceptors (Lipinski definition) is 6. The van der Waals surface area contributed by atoms with Gasteiger partial charge in [-0.2, -0.15) is 14.6 Å². The second-order valence-corrected chi connectivity index (χ2v) is 7.97. The minimum absolute atomic E-state index is 0.320. The average molecular weight is 345 g/mol. The number of anilines is 1. The van der Waals surface area contributed by atoms with Gasteiger partial charge in [0.05, 0.1) is 4.90 Å². The van der Waals surface area contributed by atoms with E-state index in [1.165, 1.54) is 12.6 Å². The van der Waals surface area contributed by atoms with Gasteiger partial charge in [-0.25, -0.2) is 13.4 Å². The van der Waals surface area contributed by atoms with E-state index in [0.29, 0.717) is 17.1 Å². The van der Waals surface area contributed by atoms with Crippen molar-refractivity contribution in [2.45, 2.75) is 18.2 Å². The summed E-state index contributed by atoms with van der Waals surface area (Å²) in [4.78, 5) is 11.0. The number of nitrogens with zero attached hydrogens (tertiary/aromatic N) is 5. The van der Waals surface area contributed by atoms with Crippen LogP contribution in [0.25, 0.3) is 5.78 Å². The molecule has 0 saturated heterocycles. The van der Waals surface area contributed by atoms with Gasteiger partial charge in [0.1, 0.15) is 12.1 Å². The maximum atomic E-state index is 11.6. The molecule has 7 nitrogen and oxygen atoms in total. The summed E-state index contributed by atoms with van der Waals surface area (Å²) in [5.41, 5.74) is 2.92. The zero-order valence-electron chi connectivity index (χ0n) is 14.1. The molecule has 0 aliphatic carbocycles. The van der Waals surface area contributed by atoms with E-state index in [9.17, 15) is 8.42 Å². The summed E-state index contributed by atoms with van der Waals surface area (Å²) < 4.78 is 24.9. The van der Waals surface area contributed by atoms with Gasteiger partial charge < -0.3 is 4.90 Å². The van der Waals surface area contributed by atoms with E-state index >= 15 is 0 Å². The zero-order valence-corrected chi connectivity index (χ0v) is 14.9. The molecule has 0 unspecified atom stereocenters. The van der Waals surface area contributed by atoms with Crippen LogP contribution in [0.4, 0.5) is 5.82 Å². The second-order valence-electron chi connectivity index (χ2n) is 5.96. The Hall–Kier alpha value is -2.48. The smallest absolute Gasteiger partial charge is 0.254 e. The number of fused-ring (bicyclic) bond motifs is 1. The molecule has 0 atom stereocenters. The van der Waals surface area contributed by atoms with Crippen molar-refractivity contribution in [1.82, 2.24) is 19.6 Å². The largest absolute Gasteiger partial charge is 0.362 e. The maximum Gasteiger partial charge on any atom is 0.254 e. The molecule has 0 spiro atoms. The van der Waals surface area contributed by atoms with Crippen LogP contribution in [0.2, 0.25) is 0 Å². The van der Waals surface area contributed by atoms with E-state index in [2.05, 4.69) is 15.1 Å². The third-order valence-electron chi connectivity index (χ3n) is 3.86. The molecule has 0 aliphatic heterocycles. The van der Waals surface area contributed by atoms with Crippen molar-refractivity contribution >= 4 is 21.4 Å². The van der Waals surface area contributed by atoms with Crippen molar-refractivity contribution in [2.24, 2.45) is 0 Å². The van der Waals surface area contributed by atoms with Gasteiger partial charge in [-0.15, -0.1) is 0 Å². The summed E-state index contributed by atoms with van der Waals surface area (Å²) in [5.74, 6) is 1.48. The van der Waals surface area contributed by atoms with Crippen LogP contribution < -0.4 is 4.90 Å². The maximum absolute atomic E-state index is 11.6. The van der Waals surface area contributed by atoms with Crippen molar-refractivity contribution in [3.63, 3.8) is 0 Å². The highest BCUT2D eigenvalue weighted by atomic mass is 32.2. The first-order chi connectivity index (χ1) is 11.3. The minimum atomic E-state index is -3.19. The highest BCUT2D eigenvalue weighted by Gasteiger charge is 2.16. The molecule has 0 N–H and O–H groups in total. The Kier molecular flexibility index (Phi) is 4.00. The highest BCUT2D eigenvalue weighted by Crippen LogP contribution is 2.25. The lowest BCUT2D eigenvalue weighted by Gasteiger charge is -2.19. The summed E-state index contributed by atoms with van der Waals surface area (Å²) in [7, 11) is 0.715. The fourth-order valence-corrected chi connectivity index (χ4v) is 3.32. The molecule has 0 aliphatic rings. The lowest BCUT2D eigenvalue weighted by atomic mass is 10.0. The normalized spacial score (nSPS) is 11.8. The fourth-order valence-electron chi connectivity index (χ4n) is 2.69. The summed E-state index contributed by atoms with van der Waals surface area (Å²) in [6.45, 7) is 1.95. The van der Waals surface area contributed by atoms with Crippen molar-refractivity contribution in [3.05, 3.63) is 47.4 Å². The van der Waals surface area contributed by atoms with E-state index in [4.69, 9.17) is 0 Å². The van der Waals surface area contributed by atoms with Gasteiger partial charge in [-0.1, -0.05) is 12.1 Å². The predicted molar refractivity (Wildman–Crippen MR) is 92.2 cm³/mol. The average Bonchev–Trinajstić information content (AvgIpc) is 2.94. The van der Waals surface area contributed by atoms with E-state index in [0.717, 1.165) is 22.6 Å². The van der Waals surface area contributed by atoms with Gasteiger partial charge in [0.15, 0.2) is 9.84 Å².